The van der Waals surface area contributed by atoms with Crippen LogP contribution in [0.2, 0.25) is 0 Å². The number of pyridine rings is 1. The second-order valence-corrected chi connectivity index (χ2v) is 13.3. The molecule has 2 saturated heterocycles. The Kier molecular flexibility index (Phi) is 9.02. The van der Waals surface area contributed by atoms with Crippen LogP contribution in [0, 0.1) is 5.82 Å². The zero-order chi connectivity index (χ0) is 32.4. The lowest BCUT2D eigenvalue weighted by Gasteiger charge is -2.32. The molecular formula is C32H35FN6O6S. The van der Waals surface area contributed by atoms with E-state index in [2.05, 4.69) is 14.6 Å². The number of carboxylic acids is 1. The van der Waals surface area contributed by atoms with Crippen molar-refractivity contribution >= 4 is 38.5 Å². The molecule has 2 aromatic carbocycles. The summed E-state index contributed by atoms with van der Waals surface area (Å²) in [6.45, 7) is 4.25. The van der Waals surface area contributed by atoms with Crippen molar-refractivity contribution in [2.75, 3.05) is 62.4 Å². The summed E-state index contributed by atoms with van der Waals surface area (Å²) in [7, 11) is -2.25. The van der Waals surface area contributed by atoms with Gasteiger partial charge in [-0.3, -0.25) is 9.62 Å². The van der Waals surface area contributed by atoms with Gasteiger partial charge in [0.2, 0.25) is 21.9 Å². The number of carboxylic acid groups (broad SMARTS) is 1. The smallest absolute Gasteiger partial charge is 0.335 e. The van der Waals surface area contributed by atoms with Gasteiger partial charge in [0.25, 0.3) is 0 Å². The monoisotopic (exact) mass is 650 g/mol. The van der Waals surface area contributed by atoms with Crippen molar-refractivity contribution in [2.24, 2.45) is 0 Å². The molecule has 2 N–H and O–H groups in total. The number of sulfonamides is 1. The van der Waals surface area contributed by atoms with Crippen LogP contribution >= 0.6 is 0 Å². The van der Waals surface area contributed by atoms with Crippen molar-refractivity contribution in [3.8, 4) is 17.1 Å². The lowest BCUT2D eigenvalue weighted by atomic mass is 9.89. The number of likely N-dealkylation sites (tertiary alicyclic amines) is 1. The normalized spacial score (nSPS) is 16.5. The number of benzene rings is 2. The van der Waals surface area contributed by atoms with Gasteiger partial charge in [-0.2, -0.15) is 0 Å². The molecular weight excluding hydrogens is 615 g/mol. The van der Waals surface area contributed by atoms with Crippen LogP contribution in [0.4, 0.5) is 16.0 Å². The van der Waals surface area contributed by atoms with Crippen LogP contribution in [0.3, 0.4) is 0 Å². The second kappa shape index (κ2) is 13.1. The number of carbonyl (C=O) groups is 1. The maximum atomic E-state index is 15.3. The first-order chi connectivity index (χ1) is 22.1. The number of methoxy groups -OCH3 is 1. The minimum Gasteiger partial charge on any atom is -0.480 e. The Hall–Kier alpha value is -4.40. The topological polar surface area (TPSA) is 147 Å². The summed E-state index contributed by atoms with van der Waals surface area (Å²) < 4.78 is 52.8. The molecule has 2 aromatic heterocycles. The Morgan fingerprint density at radius 2 is 1.80 bits per heavy atom. The number of hydrogen-bond donors (Lipinski definition) is 2. The van der Waals surface area contributed by atoms with E-state index in [-0.39, 0.29) is 17.1 Å². The minimum atomic E-state index is -3.65. The van der Waals surface area contributed by atoms with Crippen LogP contribution in [0.1, 0.15) is 40.2 Å². The highest BCUT2D eigenvalue weighted by atomic mass is 32.2. The fraction of sp³-hybridized carbons (Fsp3) is 0.375. The minimum absolute atomic E-state index is 0.0917. The average Bonchev–Trinajstić information content (AvgIpc) is 3.04. The Morgan fingerprint density at radius 3 is 2.46 bits per heavy atom. The summed E-state index contributed by atoms with van der Waals surface area (Å²) in [5, 5.41) is 9.70. The third kappa shape index (κ3) is 7.03. The molecule has 0 bridgehead atoms. The van der Waals surface area contributed by atoms with Crippen molar-refractivity contribution in [3.05, 3.63) is 71.2 Å². The van der Waals surface area contributed by atoms with Crippen molar-refractivity contribution in [2.45, 2.75) is 25.3 Å². The average molecular weight is 651 g/mol. The zero-order valence-electron chi connectivity index (χ0n) is 25.6. The zero-order valence-corrected chi connectivity index (χ0v) is 26.4. The molecule has 4 aromatic rings. The largest absolute Gasteiger partial charge is 0.480 e. The molecule has 0 saturated carbocycles. The summed E-state index contributed by atoms with van der Waals surface area (Å²) in [6, 6.07) is 11.6. The summed E-state index contributed by atoms with van der Waals surface area (Å²) in [5.41, 5.74) is 3.74. The number of halogens is 1. The fourth-order valence-corrected chi connectivity index (χ4v) is 6.62. The van der Waals surface area contributed by atoms with Crippen molar-refractivity contribution in [3.63, 3.8) is 0 Å². The number of anilines is 2. The molecule has 0 atom stereocenters. The predicted molar refractivity (Wildman–Crippen MR) is 171 cm³/mol. The fourth-order valence-electron chi connectivity index (χ4n) is 6.08. The number of ether oxygens (including phenoxy) is 2. The second-order valence-electron chi connectivity index (χ2n) is 11.6. The van der Waals surface area contributed by atoms with Gasteiger partial charge in [-0.1, -0.05) is 12.1 Å². The lowest BCUT2D eigenvalue weighted by molar-refractivity contribution is 0.0696. The molecule has 2 aliphatic rings. The first-order valence-electron chi connectivity index (χ1n) is 15.0. The van der Waals surface area contributed by atoms with Gasteiger partial charge in [0.15, 0.2) is 0 Å². The van der Waals surface area contributed by atoms with Gasteiger partial charge in [0.05, 0.1) is 43.4 Å². The molecule has 0 aliphatic carbocycles. The highest BCUT2D eigenvalue weighted by molar-refractivity contribution is 7.92. The molecule has 0 amide bonds. The van der Waals surface area contributed by atoms with Crippen LogP contribution in [0.5, 0.6) is 5.88 Å². The number of aromatic carboxylic acids is 1. The summed E-state index contributed by atoms with van der Waals surface area (Å²) >= 11 is 0. The molecule has 0 spiro atoms. The predicted octanol–water partition coefficient (Wildman–Crippen LogP) is 4.13. The summed E-state index contributed by atoms with van der Waals surface area (Å²) in [4.78, 5) is 29.7. The maximum absolute atomic E-state index is 15.3. The van der Waals surface area contributed by atoms with Gasteiger partial charge in [-0.15, -0.1) is 0 Å². The van der Waals surface area contributed by atoms with Crippen molar-refractivity contribution < 1.29 is 32.2 Å². The Bertz CT molecular complexity index is 1860. The van der Waals surface area contributed by atoms with Crippen LogP contribution in [0.25, 0.3) is 22.2 Å². The van der Waals surface area contributed by atoms with Gasteiger partial charge in [-0.05, 0) is 73.3 Å². The lowest BCUT2D eigenvalue weighted by Crippen LogP contribution is -2.37. The number of nitrogens with one attached hydrogen (secondary N) is 1. The van der Waals surface area contributed by atoms with Crippen LogP contribution in [0.15, 0.2) is 48.7 Å². The standard InChI is InChI=1S/C32H35FN6O6S/c1-44-30-27(37-46(2,42)43)16-23(18-34-30)28-26-17-25(33)15-24(29(26)36-32(35-28)39-11-13-45-14-12-39)19-38-9-7-21(8-10-38)20-3-5-22(6-4-20)31(40)41/h3-6,15-18,21,37H,7-14,19H2,1-2H3,(H,40,41). The van der Waals surface area contributed by atoms with E-state index in [0.29, 0.717) is 72.4 Å². The third-order valence-corrected chi connectivity index (χ3v) is 8.94. The summed E-state index contributed by atoms with van der Waals surface area (Å²) in [6.07, 6.45) is 4.32. The van der Waals surface area contributed by atoms with E-state index in [9.17, 15) is 18.3 Å². The Balaban J connectivity index is 1.35. The Labute approximate surface area is 266 Å². The van der Waals surface area contributed by atoms with Crippen molar-refractivity contribution in [1.29, 1.82) is 0 Å². The SMILES string of the molecule is COc1ncc(-c2nc(N3CCOCC3)nc3c(CN4CCC(c5ccc(C(=O)O)cc5)CC4)cc(F)cc23)cc1NS(C)(=O)=O. The van der Waals surface area contributed by atoms with Gasteiger partial charge in [-0.25, -0.2) is 32.6 Å². The molecule has 2 aliphatic heterocycles. The quantitative estimate of drug-likeness (QED) is 0.270. The molecule has 4 heterocycles. The number of morpholine rings is 1. The molecule has 0 unspecified atom stereocenters. The molecule has 12 nitrogen and oxygen atoms in total. The van der Waals surface area contributed by atoms with Gasteiger partial charge >= 0.3 is 5.97 Å². The van der Waals surface area contributed by atoms with Gasteiger partial charge in [0.1, 0.15) is 11.5 Å². The number of fused-ring (bicyclic) bond motifs is 1. The summed E-state index contributed by atoms with van der Waals surface area (Å²) in [5.74, 6) is -0.510. The third-order valence-electron chi connectivity index (χ3n) is 8.35. The van der Waals surface area contributed by atoms with E-state index in [1.165, 1.54) is 25.4 Å². The van der Waals surface area contributed by atoms with E-state index in [1.807, 2.05) is 17.0 Å². The number of aromatic nitrogens is 3. The molecule has 2 fully saturated rings. The molecule has 242 valence electrons. The van der Waals surface area contributed by atoms with Crippen LogP contribution < -0.4 is 14.4 Å². The van der Waals surface area contributed by atoms with Gasteiger partial charge < -0.3 is 19.5 Å². The van der Waals surface area contributed by atoms with E-state index < -0.39 is 21.8 Å². The molecule has 46 heavy (non-hydrogen) atoms. The maximum Gasteiger partial charge on any atom is 0.335 e. The highest BCUT2D eigenvalue weighted by Crippen LogP contribution is 2.36. The van der Waals surface area contributed by atoms with Gasteiger partial charge in [0, 0.05) is 36.8 Å². The van der Waals surface area contributed by atoms with E-state index >= 15 is 4.39 Å². The molecule has 6 rings (SSSR count). The van der Waals surface area contributed by atoms with E-state index in [4.69, 9.17) is 19.4 Å². The van der Waals surface area contributed by atoms with Crippen molar-refractivity contribution in [1.82, 2.24) is 19.9 Å². The Morgan fingerprint density at radius 1 is 1.09 bits per heavy atom. The molecule has 14 heteroatoms. The molecule has 0 radical (unpaired) electrons. The van der Waals surface area contributed by atoms with Crippen LogP contribution in [-0.4, -0.2) is 92.1 Å². The van der Waals surface area contributed by atoms with Crippen LogP contribution in [-0.2, 0) is 21.3 Å². The number of rotatable bonds is 9. The van der Waals surface area contributed by atoms with E-state index in [1.54, 1.807) is 18.2 Å². The number of hydrogen-bond acceptors (Lipinski definition) is 10. The highest BCUT2D eigenvalue weighted by Gasteiger charge is 2.25. The number of nitrogens with zero attached hydrogens (tertiary/aromatic N) is 5. The number of piperidine rings is 1. The van der Waals surface area contributed by atoms with E-state index in [0.717, 1.165) is 37.8 Å². The first-order valence-corrected chi connectivity index (χ1v) is 16.9. The first kappa shape index (κ1) is 31.6.